The molecule has 1 rings (SSSR count). The lowest BCUT2D eigenvalue weighted by Crippen LogP contribution is -2.01. The highest BCUT2D eigenvalue weighted by atomic mass is 28.3. The van der Waals surface area contributed by atoms with Crippen LogP contribution in [0.3, 0.4) is 0 Å². The van der Waals surface area contributed by atoms with Crippen molar-refractivity contribution in [3.05, 3.63) is 35.0 Å². The van der Waals surface area contributed by atoms with Gasteiger partial charge >= 0.3 is 0 Å². The maximum atomic E-state index is 5.55. The van der Waals surface area contributed by atoms with Gasteiger partial charge in [-0.25, -0.2) is 0 Å². The summed E-state index contributed by atoms with van der Waals surface area (Å²) in [5.41, 5.74) is 1.27. The lowest BCUT2D eigenvalue weighted by Gasteiger charge is -2.06. The zero-order valence-corrected chi connectivity index (χ0v) is 11.7. The molecule has 0 saturated heterocycles. The van der Waals surface area contributed by atoms with E-state index in [0.717, 1.165) is 18.8 Å². The fraction of sp³-hybridized carbons (Fsp3) is 0.429. The third kappa shape index (κ3) is 4.23. The van der Waals surface area contributed by atoms with Crippen molar-refractivity contribution < 1.29 is 4.74 Å². The predicted octanol–water partition coefficient (Wildman–Crippen LogP) is 4.17. The molecule has 2 heteroatoms. The molecule has 0 aliphatic rings. The van der Waals surface area contributed by atoms with E-state index in [0.29, 0.717) is 0 Å². The summed E-state index contributed by atoms with van der Waals surface area (Å²) in [4.78, 5) is 0. The van der Waals surface area contributed by atoms with Crippen molar-refractivity contribution in [3.8, 4) is 5.75 Å². The second kappa shape index (κ2) is 6.54. The van der Waals surface area contributed by atoms with Crippen molar-refractivity contribution in [1.29, 1.82) is 0 Å². The summed E-state index contributed by atoms with van der Waals surface area (Å²) in [5, 5.41) is 1.51. The SMILES string of the molecule is CCCOc1ccc(C=C(C)[Si](C)C)cc1. The van der Waals surface area contributed by atoms with Gasteiger partial charge in [0.15, 0.2) is 0 Å². The fourth-order valence-electron chi connectivity index (χ4n) is 1.27. The van der Waals surface area contributed by atoms with Crippen LogP contribution >= 0.6 is 0 Å². The first-order valence-corrected chi connectivity index (χ1v) is 8.35. The molecule has 0 bridgehead atoms. The van der Waals surface area contributed by atoms with Gasteiger partial charge in [-0.15, -0.1) is 0 Å². The number of hydrogen-bond acceptors (Lipinski definition) is 1. The number of allylic oxidation sites excluding steroid dienone is 1. The molecular weight excluding hydrogens is 212 g/mol. The maximum absolute atomic E-state index is 5.55. The normalized spacial score (nSPS) is 11.9. The third-order valence-electron chi connectivity index (χ3n) is 2.52. The molecule has 0 atom stereocenters. The highest BCUT2D eigenvalue weighted by Crippen LogP contribution is 2.15. The summed E-state index contributed by atoms with van der Waals surface area (Å²) in [6.45, 7) is 9.76. The third-order valence-corrected chi connectivity index (χ3v) is 4.25. The minimum atomic E-state index is -0.304. The van der Waals surface area contributed by atoms with Crippen LogP contribution in [0.25, 0.3) is 6.08 Å². The van der Waals surface area contributed by atoms with E-state index in [-0.39, 0.29) is 8.80 Å². The van der Waals surface area contributed by atoms with E-state index in [1.165, 1.54) is 10.8 Å². The van der Waals surface area contributed by atoms with Crippen LogP contribution in [0, 0.1) is 0 Å². The Labute approximate surface area is 101 Å². The summed E-state index contributed by atoms with van der Waals surface area (Å²) in [7, 11) is -0.304. The van der Waals surface area contributed by atoms with Gasteiger partial charge in [-0.3, -0.25) is 0 Å². The molecule has 0 aliphatic heterocycles. The van der Waals surface area contributed by atoms with Gasteiger partial charge in [0.05, 0.1) is 15.4 Å². The predicted molar refractivity (Wildman–Crippen MR) is 73.4 cm³/mol. The average Bonchev–Trinajstić information content (AvgIpc) is 2.28. The molecule has 0 aromatic heterocycles. The Morgan fingerprint density at radius 1 is 1.25 bits per heavy atom. The van der Waals surface area contributed by atoms with Crippen LogP contribution in [0.2, 0.25) is 13.1 Å². The molecular formula is C14H21OSi. The van der Waals surface area contributed by atoms with Crippen molar-refractivity contribution in [2.24, 2.45) is 0 Å². The number of hydrogen-bond donors (Lipinski definition) is 0. The van der Waals surface area contributed by atoms with E-state index in [2.05, 4.69) is 45.2 Å². The standard InChI is InChI=1S/C14H21OSi/c1-5-10-15-14-8-6-13(7-9-14)11-12(2)16(3)4/h6-9,11H,5,10H2,1-4H3. The van der Waals surface area contributed by atoms with E-state index in [4.69, 9.17) is 4.74 Å². The van der Waals surface area contributed by atoms with Crippen LogP contribution in [-0.4, -0.2) is 15.4 Å². The molecule has 0 spiro atoms. The van der Waals surface area contributed by atoms with E-state index in [9.17, 15) is 0 Å². The minimum Gasteiger partial charge on any atom is -0.494 e. The topological polar surface area (TPSA) is 9.23 Å². The van der Waals surface area contributed by atoms with Gasteiger partial charge in [-0.1, -0.05) is 43.4 Å². The molecule has 0 unspecified atom stereocenters. The minimum absolute atomic E-state index is 0.304. The van der Waals surface area contributed by atoms with Crippen LogP contribution in [0.15, 0.2) is 29.5 Å². The van der Waals surface area contributed by atoms with E-state index < -0.39 is 0 Å². The Hall–Kier alpha value is -1.02. The quantitative estimate of drug-likeness (QED) is 0.693. The zero-order chi connectivity index (χ0) is 12.0. The Morgan fingerprint density at radius 3 is 2.38 bits per heavy atom. The lowest BCUT2D eigenvalue weighted by molar-refractivity contribution is 0.317. The molecule has 1 nitrogen and oxygen atoms in total. The van der Waals surface area contributed by atoms with Gasteiger partial charge in [0, 0.05) is 0 Å². The van der Waals surface area contributed by atoms with Gasteiger partial charge in [0.2, 0.25) is 0 Å². The smallest absolute Gasteiger partial charge is 0.119 e. The first kappa shape index (κ1) is 13.0. The van der Waals surface area contributed by atoms with Crippen molar-refractivity contribution in [2.75, 3.05) is 6.61 Å². The number of rotatable bonds is 5. The van der Waals surface area contributed by atoms with Gasteiger partial charge in [-0.05, 0) is 31.0 Å². The molecule has 16 heavy (non-hydrogen) atoms. The fourth-order valence-corrected chi connectivity index (χ4v) is 1.73. The Balaban J connectivity index is 2.68. The van der Waals surface area contributed by atoms with Crippen molar-refractivity contribution in [1.82, 2.24) is 0 Å². The maximum Gasteiger partial charge on any atom is 0.119 e. The van der Waals surface area contributed by atoms with Crippen molar-refractivity contribution in [3.63, 3.8) is 0 Å². The summed E-state index contributed by atoms with van der Waals surface area (Å²) in [6.07, 6.45) is 3.33. The van der Waals surface area contributed by atoms with Gasteiger partial charge < -0.3 is 4.74 Å². The molecule has 0 fully saturated rings. The highest BCUT2D eigenvalue weighted by molar-refractivity contribution is 6.64. The van der Waals surface area contributed by atoms with Crippen LogP contribution in [0.1, 0.15) is 25.8 Å². The first-order chi connectivity index (χ1) is 7.63. The van der Waals surface area contributed by atoms with E-state index in [1.807, 2.05) is 12.1 Å². The summed E-state index contributed by atoms with van der Waals surface area (Å²) in [6, 6.07) is 8.34. The molecule has 0 aliphatic carbocycles. The van der Waals surface area contributed by atoms with Gasteiger partial charge in [0.25, 0.3) is 0 Å². The van der Waals surface area contributed by atoms with Crippen LogP contribution in [0.5, 0.6) is 5.75 Å². The highest BCUT2D eigenvalue weighted by Gasteiger charge is 1.99. The van der Waals surface area contributed by atoms with Crippen molar-refractivity contribution >= 4 is 14.9 Å². The second-order valence-corrected chi connectivity index (χ2v) is 7.03. The second-order valence-electron chi connectivity index (χ2n) is 4.24. The molecule has 0 heterocycles. The van der Waals surface area contributed by atoms with Crippen LogP contribution in [0.4, 0.5) is 0 Å². The first-order valence-electron chi connectivity index (χ1n) is 5.85. The van der Waals surface area contributed by atoms with Crippen LogP contribution in [-0.2, 0) is 0 Å². The number of ether oxygens (including phenoxy) is 1. The molecule has 0 saturated carbocycles. The molecule has 1 radical (unpaired) electrons. The summed E-state index contributed by atoms with van der Waals surface area (Å²) >= 11 is 0. The average molecular weight is 233 g/mol. The lowest BCUT2D eigenvalue weighted by atomic mass is 10.2. The van der Waals surface area contributed by atoms with Crippen LogP contribution < -0.4 is 4.74 Å². The zero-order valence-electron chi connectivity index (χ0n) is 10.7. The largest absolute Gasteiger partial charge is 0.494 e. The molecule has 1 aromatic carbocycles. The summed E-state index contributed by atoms with van der Waals surface area (Å²) in [5.74, 6) is 0.968. The van der Waals surface area contributed by atoms with Crippen molar-refractivity contribution in [2.45, 2.75) is 33.4 Å². The number of benzene rings is 1. The molecule has 0 amide bonds. The monoisotopic (exact) mass is 233 g/mol. The molecule has 87 valence electrons. The molecule has 0 N–H and O–H groups in total. The van der Waals surface area contributed by atoms with E-state index in [1.54, 1.807) is 0 Å². The Kier molecular flexibility index (Phi) is 5.33. The Bertz CT molecular complexity index is 338. The molecule has 1 aromatic rings. The van der Waals surface area contributed by atoms with E-state index >= 15 is 0 Å². The van der Waals surface area contributed by atoms with Gasteiger partial charge in [-0.2, -0.15) is 0 Å². The van der Waals surface area contributed by atoms with Gasteiger partial charge in [0.1, 0.15) is 5.75 Å². The Morgan fingerprint density at radius 2 is 1.88 bits per heavy atom. The summed E-state index contributed by atoms with van der Waals surface area (Å²) < 4.78 is 5.55.